The molecule has 1 unspecified atom stereocenters. The van der Waals surface area contributed by atoms with Gasteiger partial charge in [0.05, 0.1) is 6.61 Å². The van der Waals surface area contributed by atoms with E-state index < -0.39 is 5.97 Å². The Labute approximate surface area is 101 Å². The molecule has 5 nitrogen and oxygen atoms in total. The second-order valence-corrected chi connectivity index (χ2v) is 4.03. The minimum atomic E-state index is -1.11. The van der Waals surface area contributed by atoms with E-state index in [1.807, 2.05) is 0 Å². The molecule has 17 heavy (non-hydrogen) atoms. The molecule has 0 spiro atoms. The SMILES string of the molecule is CCCCC(CC)COc1nc(C(=O)O)co1. The lowest BCUT2D eigenvalue weighted by molar-refractivity contribution is 0.0690. The summed E-state index contributed by atoms with van der Waals surface area (Å²) in [6.45, 7) is 4.79. The normalized spacial score (nSPS) is 12.4. The van der Waals surface area contributed by atoms with Crippen LogP contribution < -0.4 is 4.74 Å². The number of carboxylic acids is 1. The molecule has 0 amide bonds. The number of aromatic carboxylic acids is 1. The number of ether oxygens (including phenoxy) is 1. The van der Waals surface area contributed by atoms with Crippen LogP contribution in [0.15, 0.2) is 10.7 Å². The molecule has 1 rings (SSSR count). The molecule has 96 valence electrons. The van der Waals surface area contributed by atoms with Gasteiger partial charge in [-0.05, 0) is 12.3 Å². The van der Waals surface area contributed by atoms with Crippen LogP contribution in [0.5, 0.6) is 6.08 Å². The van der Waals surface area contributed by atoms with Gasteiger partial charge in [-0.3, -0.25) is 0 Å². The first-order valence-electron chi connectivity index (χ1n) is 5.99. The third kappa shape index (κ3) is 4.46. The number of unbranched alkanes of at least 4 members (excludes halogenated alkanes) is 1. The van der Waals surface area contributed by atoms with Gasteiger partial charge in [0, 0.05) is 0 Å². The van der Waals surface area contributed by atoms with Gasteiger partial charge < -0.3 is 14.3 Å². The summed E-state index contributed by atoms with van der Waals surface area (Å²) in [5.41, 5.74) is -0.124. The molecule has 0 bridgehead atoms. The summed E-state index contributed by atoms with van der Waals surface area (Å²) in [6, 6.07) is 0. The molecular formula is C12H19NO4. The Balaban J connectivity index is 2.39. The van der Waals surface area contributed by atoms with Crippen molar-refractivity contribution in [2.75, 3.05) is 6.61 Å². The van der Waals surface area contributed by atoms with E-state index in [0.29, 0.717) is 12.5 Å². The zero-order valence-corrected chi connectivity index (χ0v) is 10.3. The first kappa shape index (κ1) is 13.5. The molecule has 5 heteroatoms. The van der Waals surface area contributed by atoms with Gasteiger partial charge in [0.25, 0.3) is 0 Å². The van der Waals surface area contributed by atoms with E-state index in [-0.39, 0.29) is 11.8 Å². The highest BCUT2D eigenvalue weighted by atomic mass is 16.6. The zero-order valence-electron chi connectivity index (χ0n) is 10.3. The number of hydrogen-bond acceptors (Lipinski definition) is 4. The molecule has 1 N–H and O–H groups in total. The highest BCUT2D eigenvalue weighted by Crippen LogP contribution is 2.16. The predicted octanol–water partition coefficient (Wildman–Crippen LogP) is 2.97. The molecular weight excluding hydrogens is 222 g/mol. The van der Waals surface area contributed by atoms with Gasteiger partial charge in [-0.2, -0.15) is 4.98 Å². The highest BCUT2D eigenvalue weighted by molar-refractivity contribution is 5.84. The lowest BCUT2D eigenvalue weighted by Crippen LogP contribution is -2.11. The summed E-state index contributed by atoms with van der Waals surface area (Å²) < 4.78 is 10.3. The maximum absolute atomic E-state index is 10.6. The molecule has 0 aromatic carbocycles. The second kappa shape index (κ2) is 6.93. The third-order valence-corrected chi connectivity index (χ3v) is 2.69. The lowest BCUT2D eigenvalue weighted by Gasteiger charge is -2.13. The van der Waals surface area contributed by atoms with Gasteiger partial charge in [-0.1, -0.05) is 33.1 Å². The van der Waals surface area contributed by atoms with Crippen molar-refractivity contribution in [3.05, 3.63) is 12.0 Å². The quantitative estimate of drug-likeness (QED) is 0.757. The molecule has 0 aliphatic carbocycles. The number of aromatic nitrogens is 1. The molecule has 1 aromatic heterocycles. The lowest BCUT2D eigenvalue weighted by atomic mass is 10.0. The monoisotopic (exact) mass is 241 g/mol. The highest BCUT2D eigenvalue weighted by Gasteiger charge is 2.13. The van der Waals surface area contributed by atoms with Crippen LogP contribution in [-0.4, -0.2) is 22.7 Å². The van der Waals surface area contributed by atoms with Crippen molar-refractivity contribution in [2.45, 2.75) is 39.5 Å². The van der Waals surface area contributed by atoms with E-state index in [9.17, 15) is 4.79 Å². The van der Waals surface area contributed by atoms with Gasteiger partial charge in [0.15, 0.2) is 5.69 Å². The van der Waals surface area contributed by atoms with Crippen LogP contribution in [0.25, 0.3) is 0 Å². The van der Waals surface area contributed by atoms with E-state index in [2.05, 4.69) is 18.8 Å². The fourth-order valence-corrected chi connectivity index (χ4v) is 1.51. The van der Waals surface area contributed by atoms with Gasteiger partial charge >= 0.3 is 12.0 Å². The Hall–Kier alpha value is -1.52. The average molecular weight is 241 g/mol. The number of carboxylic acid groups (broad SMARTS) is 1. The zero-order chi connectivity index (χ0) is 12.7. The van der Waals surface area contributed by atoms with Crippen LogP contribution in [0, 0.1) is 5.92 Å². The van der Waals surface area contributed by atoms with E-state index in [4.69, 9.17) is 14.3 Å². The molecule has 1 aromatic rings. The second-order valence-electron chi connectivity index (χ2n) is 4.03. The first-order chi connectivity index (χ1) is 8.17. The first-order valence-corrected chi connectivity index (χ1v) is 5.99. The third-order valence-electron chi connectivity index (χ3n) is 2.69. The van der Waals surface area contributed by atoms with Gasteiger partial charge in [0.1, 0.15) is 6.26 Å². The van der Waals surface area contributed by atoms with Gasteiger partial charge in [-0.25, -0.2) is 4.79 Å². The van der Waals surface area contributed by atoms with Crippen LogP contribution in [0.1, 0.15) is 50.0 Å². The fourth-order valence-electron chi connectivity index (χ4n) is 1.51. The topological polar surface area (TPSA) is 72.6 Å². The van der Waals surface area contributed by atoms with Crippen LogP contribution in [0.3, 0.4) is 0 Å². The number of rotatable bonds is 8. The van der Waals surface area contributed by atoms with Gasteiger partial charge in [-0.15, -0.1) is 0 Å². The largest absolute Gasteiger partial charge is 0.476 e. The van der Waals surface area contributed by atoms with Crippen molar-refractivity contribution in [2.24, 2.45) is 5.92 Å². The Morgan fingerprint density at radius 2 is 2.35 bits per heavy atom. The minimum absolute atomic E-state index is 0.0392. The molecule has 0 aliphatic heterocycles. The number of oxazole rings is 1. The number of hydrogen-bond donors (Lipinski definition) is 1. The summed E-state index contributed by atoms with van der Waals surface area (Å²) in [4.78, 5) is 14.3. The number of nitrogens with zero attached hydrogens (tertiary/aromatic N) is 1. The minimum Gasteiger partial charge on any atom is -0.476 e. The molecule has 1 heterocycles. The predicted molar refractivity (Wildman–Crippen MR) is 62.3 cm³/mol. The van der Waals surface area contributed by atoms with Crippen molar-refractivity contribution >= 4 is 5.97 Å². The van der Waals surface area contributed by atoms with Gasteiger partial charge in [0.2, 0.25) is 0 Å². The van der Waals surface area contributed by atoms with Crippen LogP contribution in [-0.2, 0) is 0 Å². The summed E-state index contributed by atoms with van der Waals surface area (Å²) in [5, 5.41) is 8.66. The maximum Gasteiger partial charge on any atom is 0.394 e. The molecule has 0 saturated heterocycles. The van der Waals surface area contributed by atoms with E-state index in [1.165, 1.54) is 12.8 Å². The Morgan fingerprint density at radius 3 is 2.88 bits per heavy atom. The van der Waals surface area contributed by atoms with Crippen molar-refractivity contribution in [1.82, 2.24) is 4.98 Å². The Morgan fingerprint density at radius 1 is 1.59 bits per heavy atom. The van der Waals surface area contributed by atoms with Crippen molar-refractivity contribution < 1.29 is 19.1 Å². The molecule has 0 radical (unpaired) electrons. The molecule has 0 fully saturated rings. The van der Waals surface area contributed by atoms with Crippen molar-refractivity contribution in [3.8, 4) is 6.08 Å². The smallest absolute Gasteiger partial charge is 0.394 e. The van der Waals surface area contributed by atoms with E-state index in [1.54, 1.807) is 0 Å². The average Bonchev–Trinajstić information content (AvgIpc) is 2.78. The van der Waals surface area contributed by atoms with Crippen molar-refractivity contribution in [3.63, 3.8) is 0 Å². The van der Waals surface area contributed by atoms with E-state index in [0.717, 1.165) is 19.1 Å². The maximum atomic E-state index is 10.6. The standard InChI is InChI=1S/C12H19NO4/c1-3-5-6-9(4-2)7-16-12-13-10(8-17-12)11(14)15/h8-9H,3-7H2,1-2H3,(H,14,15). The Bertz CT molecular complexity index is 348. The molecule has 0 saturated carbocycles. The number of carbonyl (C=O) groups is 1. The Kier molecular flexibility index (Phi) is 5.52. The summed E-state index contributed by atoms with van der Waals surface area (Å²) in [6.07, 6.45) is 5.61. The van der Waals surface area contributed by atoms with Crippen LogP contribution >= 0.6 is 0 Å². The molecule has 1 atom stereocenters. The summed E-state index contributed by atoms with van der Waals surface area (Å²) in [5.74, 6) is -0.642. The summed E-state index contributed by atoms with van der Waals surface area (Å²) in [7, 11) is 0. The van der Waals surface area contributed by atoms with Crippen molar-refractivity contribution in [1.29, 1.82) is 0 Å². The summed E-state index contributed by atoms with van der Waals surface area (Å²) >= 11 is 0. The van der Waals surface area contributed by atoms with E-state index >= 15 is 0 Å². The molecule has 0 aliphatic rings. The van der Waals surface area contributed by atoms with Crippen LogP contribution in [0.4, 0.5) is 0 Å². The van der Waals surface area contributed by atoms with Crippen LogP contribution in [0.2, 0.25) is 0 Å². The fraction of sp³-hybridized carbons (Fsp3) is 0.667.